The number of rotatable bonds is 1. The van der Waals surface area contributed by atoms with Gasteiger partial charge in [-0.3, -0.25) is 5.73 Å². The molecule has 4 heteroatoms. The Morgan fingerprint density at radius 1 is 1.88 bits per heavy atom. The van der Waals surface area contributed by atoms with Gasteiger partial charge < -0.3 is 10.4 Å². The van der Waals surface area contributed by atoms with Gasteiger partial charge in [0.1, 0.15) is 0 Å². The molecule has 0 radical (unpaired) electrons. The second kappa shape index (κ2) is 1.97. The van der Waals surface area contributed by atoms with Gasteiger partial charge in [0.25, 0.3) is 0 Å². The van der Waals surface area contributed by atoms with Gasteiger partial charge in [-0.2, -0.15) is 0 Å². The van der Waals surface area contributed by atoms with Crippen LogP contribution in [0.3, 0.4) is 0 Å². The first-order chi connectivity index (χ1) is 3.77. The standard InChI is InChI=1S/C4H8N2OS/c5-4(3-7)6-1-2-8-4/h1-2,6-7H,3,5H2. The molecule has 8 heavy (non-hydrogen) atoms. The number of nitrogens with two attached hydrogens (primary N) is 1. The first kappa shape index (κ1) is 5.94. The van der Waals surface area contributed by atoms with Crippen molar-refractivity contribution in [3.63, 3.8) is 0 Å². The highest BCUT2D eigenvalue weighted by atomic mass is 32.2. The Hall–Kier alpha value is -0.190. The molecule has 0 amide bonds. The predicted octanol–water partition coefficient (Wildman–Crippen LogP) is -0.601. The summed E-state index contributed by atoms with van der Waals surface area (Å²) in [6.45, 7) is -0.0509. The summed E-state index contributed by atoms with van der Waals surface area (Å²) in [4.78, 5) is -0.653. The molecule has 3 nitrogen and oxygen atoms in total. The summed E-state index contributed by atoms with van der Waals surface area (Å²) in [5.41, 5.74) is 5.50. The minimum absolute atomic E-state index is 0.0509. The van der Waals surface area contributed by atoms with Crippen LogP contribution in [0.15, 0.2) is 11.6 Å². The third-order valence-electron chi connectivity index (χ3n) is 0.909. The van der Waals surface area contributed by atoms with Crippen LogP contribution in [0.1, 0.15) is 0 Å². The maximum atomic E-state index is 8.58. The number of aliphatic hydroxyl groups is 1. The van der Waals surface area contributed by atoms with Gasteiger partial charge in [0.05, 0.1) is 6.61 Å². The number of aliphatic hydroxyl groups excluding tert-OH is 1. The third kappa shape index (κ3) is 0.964. The zero-order valence-corrected chi connectivity index (χ0v) is 5.11. The van der Waals surface area contributed by atoms with Crippen molar-refractivity contribution in [2.45, 2.75) is 4.99 Å². The molecule has 0 bridgehead atoms. The van der Waals surface area contributed by atoms with E-state index in [0.717, 1.165) is 0 Å². The van der Waals surface area contributed by atoms with Crippen molar-refractivity contribution in [2.24, 2.45) is 5.73 Å². The van der Waals surface area contributed by atoms with Crippen LogP contribution in [-0.2, 0) is 0 Å². The smallest absolute Gasteiger partial charge is 0.161 e. The Morgan fingerprint density at radius 2 is 2.62 bits per heavy atom. The fraction of sp³-hybridized carbons (Fsp3) is 0.500. The Bertz CT molecular complexity index is 107. The van der Waals surface area contributed by atoms with E-state index >= 15 is 0 Å². The predicted molar refractivity (Wildman–Crippen MR) is 33.9 cm³/mol. The van der Waals surface area contributed by atoms with Crippen molar-refractivity contribution in [1.82, 2.24) is 5.32 Å². The fourth-order valence-corrected chi connectivity index (χ4v) is 1.04. The molecular formula is C4H8N2OS. The zero-order valence-electron chi connectivity index (χ0n) is 4.29. The quantitative estimate of drug-likeness (QED) is 0.446. The molecule has 0 saturated carbocycles. The average molecular weight is 132 g/mol. The molecule has 1 aliphatic rings. The maximum absolute atomic E-state index is 8.58. The van der Waals surface area contributed by atoms with E-state index < -0.39 is 4.99 Å². The van der Waals surface area contributed by atoms with Crippen LogP contribution in [0.5, 0.6) is 0 Å². The van der Waals surface area contributed by atoms with E-state index in [1.54, 1.807) is 6.20 Å². The highest BCUT2D eigenvalue weighted by Gasteiger charge is 2.24. The molecular weight excluding hydrogens is 124 g/mol. The van der Waals surface area contributed by atoms with Crippen LogP contribution in [-0.4, -0.2) is 16.7 Å². The summed E-state index contributed by atoms with van der Waals surface area (Å²) in [6, 6.07) is 0. The van der Waals surface area contributed by atoms with E-state index in [1.165, 1.54) is 11.8 Å². The molecule has 0 aromatic carbocycles. The van der Waals surface area contributed by atoms with E-state index in [0.29, 0.717) is 0 Å². The lowest BCUT2D eigenvalue weighted by molar-refractivity contribution is 0.240. The first-order valence-corrected chi connectivity index (χ1v) is 3.15. The Morgan fingerprint density at radius 3 is 2.88 bits per heavy atom. The zero-order chi connectivity index (χ0) is 6.04. The van der Waals surface area contributed by atoms with Crippen LogP contribution < -0.4 is 11.1 Å². The minimum Gasteiger partial charge on any atom is -0.392 e. The lowest BCUT2D eigenvalue weighted by Gasteiger charge is -2.19. The molecule has 1 atom stereocenters. The third-order valence-corrected chi connectivity index (χ3v) is 1.85. The van der Waals surface area contributed by atoms with Gasteiger partial charge in [0, 0.05) is 6.20 Å². The van der Waals surface area contributed by atoms with Crippen molar-refractivity contribution in [3.05, 3.63) is 11.6 Å². The van der Waals surface area contributed by atoms with Gasteiger partial charge in [-0.1, -0.05) is 11.8 Å². The van der Waals surface area contributed by atoms with Crippen molar-refractivity contribution in [3.8, 4) is 0 Å². The van der Waals surface area contributed by atoms with Crippen molar-refractivity contribution in [2.75, 3.05) is 6.61 Å². The Kier molecular flexibility index (Phi) is 1.46. The summed E-state index contributed by atoms with van der Waals surface area (Å²) in [5.74, 6) is 0. The number of nitrogens with one attached hydrogen (secondary N) is 1. The molecule has 1 rings (SSSR count). The van der Waals surface area contributed by atoms with Gasteiger partial charge in [-0.25, -0.2) is 0 Å². The summed E-state index contributed by atoms with van der Waals surface area (Å²) >= 11 is 1.38. The monoisotopic (exact) mass is 132 g/mol. The minimum atomic E-state index is -0.653. The van der Waals surface area contributed by atoms with E-state index in [9.17, 15) is 0 Å². The van der Waals surface area contributed by atoms with Crippen molar-refractivity contribution >= 4 is 11.8 Å². The van der Waals surface area contributed by atoms with Crippen LogP contribution in [0, 0.1) is 0 Å². The molecule has 1 aliphatic heterocycles. The van der Waals surface area contributed by atoms with Crippen LogP contribution in [0.2, 0.25) is 0 Å². The van der Waals surface area contributed by atoms with Gasteiger partial charge in [-0.15, -0.1) is 0 Å². The normalized spacial score (nSPS) is 35.2. The molecule has 4 N–H and O–H groups in total. The van der Waals surface area contributed by atoms with E-state index in [4.69, 9.17) is 10.8 Å². The highest BCUT2D eigenvalue weighted by molar-refractivity contribution is 8.03. The largest absolute Gasteiger partial charge is 0.392 e. The first-order valence-electron chi connectivity index (χ1n) is 2.27. The number of thioether (sulfide) groups is 1. The van der Waals surface area contributed by atoms with E-state index in [1.807, 2.05) is 5.41 Å². The SMILES string of the molecule is NC1(CO)NC=CS1. The van der Waals surface area contributed by atoms with Crippen molar-refractivity contribution in [1.29, 1.82) is 0 Å². The lowest BCUT2D eigenvalue weighted by Crippen LogP contribution is -2.48. The van der Waals surface area contributed by atoms with Gasteiger partial charge >= 0.3 is 0 Å². The van der Waals surface area contributed by atoms with Gasteiger partial charge in [-0.05, 0) is 5.41 Å². The molecule has 1 unspecified atom stereocenters. The molecule has 0 spiro atoms. The number of hydrogen-bond acceptors (Lipinski definition) is 4. The average Bonchev–Trinajstić information content (AvgIpc) is 2.17. The van der Waals surface area contributed by atoms with Crippen LogP contribution >= 0.6 is 11.8 Å². The second-order valence-corrected chi connectivity index (χ2v) is 2.85. The van der Waals surface area contributed by atoms with Gasteiger partial charge in [0.2, 0.25) is 0 Å². The molecule has 0 aromatic rings. The van der Waals surface area contributed by atoms with E-state index in [2.05, 4.69) is 5.32 Å². The van der Waals surface area contributed by atoms with E-state index in [-0.39, 0.29) is 6.61 Å². The molecule has 0 fully saturated rings. The Balaban J connectivity index is 2.46. The summed E-state index contributed by atoms with van der Waals surface area (Å²) < 4.78 is 0. The highest BCUT2D eigenvalue weighted by Crippen LogP contribution is 2.21. The maximum Gasteiger partial charge on any atom is 0.161 e. The molecule has 1 heterocycles. The topological polar surface area (TPSA) is 58.3 Å². The summed E-state index contributed by atoms with van der Waals surface area (Å²) in [7, 11) is 0. The van der Waals surface area contributed by atoms with Gasteiger partial charge in [0.15, 0.2) is 4.99 Å². The van der Waals surface area contributed by atoms with Crippen LogP contribution in [0.4, 0.5) is 0 Å². The summed E-state index contributed by atoms with van der Waals surface area (Å²) in [6.07, 6.45) is 1.72. The van der Waals surface area contributed by atoms with Crippen molar-refractivity contribution < 1.29 is 5.11 Å². The summed E-state index contributed by atoms with van der Waals surface area (Å²) in [5, 5.41) is 13.2. The molecule has 0 aliphatic carbocycles. The number of hydrogen-bond donors (Lipinski definition) is 3. The van der Waals surface area contributed by atoms with Crippen LogP contribution in [0.25, 0.3) is 0 Å². The molecule has 0 aromatic heterocycles. The Labute approximate surface area is 51.9 Å². The molecule has 46 valence electrons. The molecule has 0 saturated heterocycles. The lowest BCUT2D eigenvalue weighted by atomic mass is 10.5. The second-order valence-electron chi connectivity index (χ2n) is 1.61. The fourth-order valence-electron chi connectivity index (χ4n) is 0.447.